The molecule has 0 aromatic carbocycles. The number of thiazole rings is 1. The van der Waals surface area contributed by atoms with Crippen LogP contribution in [0.15, 0.2) is 5.57 Å². The van der Waals surface area contributed by atoms with Crippen LogP contribution in [0.3, 0.4) is 0 Å². The minimum atomic E-state index is 0.414. The Morgan fingerprint density at radius 3 is 2.57 bits per heavy atom. The van der Waals surface area contributed by atoms with Gasteiger partial charge in [0.25, 0.3) is 0 Å². The van der Waals surface area contributed by atoms with Gasteiger partial charge < -0.3 is 5.73 Å². The van der Waals surface area contributed by atoms with Crippen molar-refractivity contribution in [1.82, 2.24) is 4.98 Å². The van der Waals surface area contributed by atoms with Gasteiger partial charge in [-0.3, -0.25) is 0 Å². The Balaban J connectivity index is 3.00. The lowest BCUT2D eigenvalue weighted by atomic mass is 10.0. The average Bonchev–Trinajstić information content (AvgIpc) is 2.40. The zero-order chi connectivity index (χ0) is 10.7. The molecule has 2 nitrogen and oxygen atoms in total. The van der Waals surface area contributed by atoms with Crippen LogP contribution in [0, 0.1) is 5.92 Å². The molecule has 0 fully saturated rings. The molecule has 0 bridgehead atoms. The first-order chi connectivity index (χ1) is 6.54. The normalized spacial score (nSPS) is 12.6. The Hall–Kier alpha value is -0.0900. The van der Waals surface area contributed by atoms with Crippen LogP contribution in [0.25, 0.3) is 6.08 Å². The molecule has 14 heavy (non-hydrogen) atoms. The fraction of sp³-hybridized carbons (Fsp3) is 0.444. The van der Waals surface area contributed by atoms with Crippen molar-refractivity contribution in [1.29, 1.82) is 0 Å². The maximum atomic E-state index is 5.88. The Kier molecular flexibility index (Phi) is 4.38. The van der Waals surface area contributed by atoms with Crippen LogP contribution in [0.1, 0.15) is 18.7 Å². The van der Waals surface area contributed by atoms with Gasteiger partial charge in [0.1, 0.15) is 5.15 Å². The molecule has 0 saturated heterocycles. The van der Waals surface area contributed by atoms with Crippen LogP contribution in [0.5, 0.6) is 0 Å². The first kappa shape index (κ1) is 12.0. The first-order valence-corrected chi connectivity index (χ1v) is 5.84. The van der Waals surface area contributed by atoms with Crippen LogP contribution in [-0.4, -0.2) is 11.5 Å². The predicted octanol–water partition coefficient (Wildman–Crippen LogP) is 3.45. The summed E-state index contributed by atoms with van der Waals surface area (Å²) in [7, 11) is 0. The molecule has 1 heterocycles. The first-order valence-electron chi connectivity index (χ1n) is 4.27. The number of aromatic nitrogens is 1. The molecule has 0 aliphatic rings. The lowest BCUT2D eigenvalue weighted by Gasteiger charge is -2.07. The van der Waals surface area contributed by atoms with Crippen molar-refractivity contribution in [3.8, 4) is 0 Å². The van der Waals surface area contributed by atoms with Gasteiger partial charge in [-0.05, 0) is 12.0 Å². The topological polar surface area (TPSA) is 38.9 Å². The van der Waals surface area contributed by atoms with E-state index in [1.807, 2.05) is 6.08 Å². The Bertz CT molecular complexity index is 345. The standard InChI is InChI=1S/C9H12Cl2N2S/c1-5(2)6(4-12)3-7-8(10)13-9(11)14-7/h3,5H,4,12H2,1-2H3/b6-3+. The molecule has 0 saturated carbocycles. The number of nitrogens with two attached hydrogens (primary N) is 1. The second-order valence-corrected chi connectivity index (χ2v) is 5.17. The summed E-state index contributed by atoms with van der Waals surface area (Å²) in [5.41, 5.74) is 6.76. The summed E-state index contributed by atoms with van der Waals surface area (Å²) in [4.78, 5) is 4.80. The summed E-state index contributed by atoms with van der Waals surface area (Å²) in [6, 6.07) is 0. The number of halogens is 2. The lowest BCUT2D eigenvalue weighted by molar-refractivity contribution is 0.753. The SMILES string of the molecule is CC(C)/C(=C/c1sc(Cl)nc1Cl)CN. The van der Waals surface area contributed by atoms with E-state index < -0.39 is 0 Å². The largest absolute Gasteiger partial charge is 0.327 e. The molecule has 1 aromatic rings. The molecule has 1 rings (SSSR count). The molecule has 2 N–H and O–H groups in total. The minimum absolute atomic E-state index is 0.414. The van der Waals surface area contributed by atoms with Gasteiger partial charge in [0.15, 0.2) is 4.47 Å². The molecule has 1 aromatic heterocycles. The van der Waals surface area contributed by atoms with Crippen molar-refractivity contribution < 1.29 is 0 Å². The van der Waals surface area contributed by atoms with E-state index >= 15 is 0 Å². The number of hydrogen-bond donors (Lipinski definition) is 1. The van der Waals surface area contributed by atoms with E-state index in [4.69, 9.17) is 28.9 Å². The van der Waals surface area contributed by atoms with E-state index in [9.17, 15) is 0 Å². The van der Waals surface area contributed by atoms with Crippen LogP contribution in [-0.2, 0) is 0 Å². The van der Waals surface area contributed by atoms with E-state index in [2.05, 4.69) is 18.8 Å². The van der Waals surface area contributed by atoms with Crippen LogP contribution in [0.2, 0.25) is 9.62 Å². The molecule has 0 radical (unpaired) electrons. The third-order valence-electron chi connectivity index (χ3n) is 1.88. The molecule has 5 heteroatoms. The summed E-state index contributed by atoms with van der Waals surface area (Å²) in [6.45, 7) is 4.72. The van der Waals surface area contributed by atoms with E-state index in [1.165, 1.54) is 11.3 Å². The number of hydrogen-bond acceptors (Lipinski definition) is 3. The molecular weight excluding hydrogens is 239 g/mol. The van der Waals surface area contributed by atoms with Gasteiger partial charge >= 0.3 is 0 Å². The third-order valence-corrected chi connectivity index (χ3v) is 3.38. The maximum absolute atomic E-state index is 5.88. The smallest absolute Gasteiger partial charge is 0.185 e. The van der Waals surface area contributed by atoms with Crippen molar-refractivity contribution in [2.45, 2.75) is 13.8 Å². The number of rotatable bonds is 3. The van der Waals surface area contributed by atoms with E-state index in [0.717, 1.165) is 10.5 Å². The average molecular weight is 251 g/mol. The molecule has 0 unspecified atom stereocenters. The van der Waals surface area contributed by atoms with Gasteiger partial charge in [0.2, 0.25) is 0 Å². The third kappa shape index (κ3) is 2.95. The van der Waals surface area contributed by atoms with Crippen molar-refractivity contribution in [3.05, 3.63) is 20.1 Å². The summed E-state index contributed by atoms with van der Waals surface area (Å²) in [5, 5.41) is 0.451. The molecule has 0 spiro atoms. The lowest BCUT2D eigenvalue weighted by Crippen LogP contribution is -2.07. The number of nitrogens with zero attached hydrogens (tertiary/aromatic N) is 1. The fourth-order valence-electron chi connectivity index (χ4n) is 1.01. The highest BCUT2D eigenvalue weighted by Crippen LogP contribution is 2.29. The minimum Gasteiger partial charge on any atom is -0.327 e. The van der Waals surface area contributed by atoms with E-state index in [0.29, 0.717) is 22.1 Å². The fourth-order valence-corrected chi connectivity index (χ4v) is 2.35. The molecule has 0 aliphatic heterocycles. The molecule has 0 atom stereocenters. The zero-order valence-electron chi connectivity index (χ0n) is 8.05. The quantitative estimate of drug-likeness (QED) is 0.893. The zero-order valence-corrected chi connectivity index (χ0v) is 10.4. The van der Waals surface area contributed by atoms with Gasteiger partial charge in [-0.15, -0.1) is 11.3 Å². The van der Waals surface area contributed by atoms with Crippen LogP contribution >= 0.6 is 34.5 Å². The molecule has 78 valence electrons. The Morgan fingerprint density at radius 1 is 1.57 bits per heavy atom. The Labute approximate surface area is 97.7 Å². The second-order valence-electron chi connectivity index (χ2n) is 3.20. The second kappa shape index (κ2) is 5.12. The highest BCUT2D eigenvalue weighted by molar-refractivity contribution is 7.17. The highest BCUT2D eigenvalue weighted by atomic mass is 35.5. The van der Waals surface area contributed by atoms with Crippen molar-refractivity contribution in [2.75, 3.05) is 6.54 Å². The molecule has 0 amide bonds. The summed E-state index contributed by atoms with van der Waals surface area (Å²) >= 11 is 13.0. The summed E-state index contributed by atoms with van der Waals surface area (Å²) in [5.74, 6) is 0.414. The maximum Gasteiger partial charge on any atom is 0.185 e. The van der Waals surface area contributed by atoms with Gasteiger partial charge in [-0.1, -0.05) is 42.6 Å². The van der Waals surface area contributed by atoms with E-state index in [1.54, 1.807) is 0 Å². The van der Waals surface area contributed by atoms with Gasteiger partial charge in [0.05, 0.1) is 4.88 Å². The summed E-state index contributed by atoms with van der Waals surface area (Å²) in [6.07, 6.45) is 1.97. The van der Waals surface area contributed by atoms with Gasteiger partial charge in [-0.2, -0.15) is 0 Å². The van der Waals surface area contributed by atoms with Crippen molar-refractivity contribution in [3.63, 3.8) is 0 Å². The van der Waals surface area contributed by atoms with Crippen LogP contribution in [0.4, 0.5) is 0 Å². The Morgan fingerprint density at radius 2 is 2.21 bits per heavy atom. The van der Waals surface area contributed by atoms with E-state index in [-0.39, 0.29) is 0 Å². The summed E-state index contributed by atoms with van der Waals surface area (Å²) < 4.78 is 0.460. The van der Waals surface area contributed by atoms with Gasteiger partial charge in [-0.25, -0.2) is 4.98 Å². The molecular formula is C9H12Cl2N2S. The monoisotopic (exact) mass is 250 g/mol. The predicted molar refractivity (Wildman–Crippen MR) is 64.0 cm³/mol. The van der Waals surface area contributed by atoms with Crippen molar-refractivity contribution in [2.24, 2.45) is 11.7 Å². The van der Waals surface area contributed by atoms with Gasteiger partial charge in [0, 0.05) is 6.54 Å². The van der Waals surface area contributed by atoms with Crippen LogP contribution < -0.4 is 5.73 Å². The van der Waals surface area contributed by atoms with Crippen molar-refractivity contribution >= 4 is 40.6 Å². The highest BCUT2D eigenvalue weighted by Gasteiger charge is 2.08. The molecule has 0 aliphatic carbocycles.